The monoisotopic (exact) mass is 206 g/mol. The summed E-state index contributed by atoms with van der Waals surface area (Å²) in [4.78, 5) is 0. The molecule has 1 aromatic rings. The first-order chi connectivity index (χ1) is 7.18. The lowest BCUT2D eigenvalue weighted by Crippen LogP contribution is -2.23. The van der Waals surface area contributed by atoms with Gasteiger partial charge in [0.2, 0.25) is 0 Å². The zero-order valence-electron chi connectivity index (χ0n) is 8.55. The predicted molar refractivity (Wildman–Crippen MR) is 57.4 cm³/mol. The summed E-state index contributed by atoms with van der Waals surface area (Å²) in [7, 11) is 0. The Kier molecular flexibility index (Phi) is 2.75. The van der Waals surface area contributed by atoms with E-state index in [1.807, 2.05) is 18.2 Å². The van der Waals surface area contributed by atoms with E-state index >= 15 is 0 Å². The maximum Gasteiger partial charge on any atom is 0.121 e. The fraction of sp³-hybridized carbons (Fsp3) is 0.333. The summed E-state index contributed by atoms with van der Waals surface area (Å²) in [5.74, 6) is 0.239. The Labute approximate surface area is 88.6 Å². The van der Waals surface area contributed by atoms with Gasteiger partial charge in [-0.1, -0.05) is 24.3 Å². The molecule has 1 aliphatic rings. The molecule has 1 heterocycles. The number of hydrogen-bond donors (Lipinski definition) is 2. The van der Waals surface area contributed by atoms with Crippen LogP contribution in [0.25, 0.3) is 6.08 Å². The molecule has 2 N–H and O–H groups in total. The Balaban J connectivity index is 2.32. The number of aliphatic hydroxyl groups is 1. The van der Waals surface area contributed by atoms with Crippen LogP contribution in [0.5, 0.6) is 5.75 Å². The Morgan fingerprint density at radius 2 is 2.27 bits per heavy atom. The van der Waals surface area contributed by atoms with Gasteiger partial charge < -0.3 is 14.9 Å². The Morgan fingerprint density at radius 1 is 1.47 bits per heavy atom. The van der Waals surface area contributed by atoms with E-state index in [0.29, 0.717) is 6.61 Å². The largest absolute Gasteiger partial charge is 0.508 e. The third kappa shape index (κ3) is 2.03. The highest BCUT2D eigenvalue weighted by Gasteiger charge is 2.17. The lowest BCUT2D eigenvalue weighted by Gasteiger charge is -2.15. The van der Waals surface area contributed by atoms with Gasteiger partial charge in [-0.25, -0.2) is 0 Å². The second kappa shape index (κ2) is 4.04. The first-order valence-corrected chi connectivity index (χ1v) is 4.97. The minimum atomic E-state index is -0.544. The van der Waals surface area contributed by atoms with Gasteiger partial charge in [-0.3, -0.25) is 0 Å². The van der Waals surface area contributed by atoms with Crippen molar-refractivity contribution < 1.29 is 14.9 Å². The molecule has 0 aliphatic carbocycles. The maximum atomic E-state index is 9.63. The first-order valence-electron chi connectivity index (χ1n) is 4.97. The zero-order chi connectivity index (χ0) is 10.8. The third-order valence-corrected chi connectivity index (χ3v) is 2.55. The summed E-state index contributed by atoms with van der Waals surface area (Å²) in [6.07, 6.45) is 2.84. The molecule has 3 heteroatoms. The van der Waals surface area contributed by atoms with Crippen LogP contribution in [0.2, 0.25) is 0 Å². The lowest BCUT2D eigenvalue weighted by atomic mass is 10.1. The predicted octanol–water partition coefficient (Wildman–Crippen LogP) is 1.68. The number of fused-ring (bicyclic) bond motifs is 1. The summed E-state index contributed by atoms with van der Waals surface area (Å²) in [6.45, 7) is 2.01. The molecule has 0 bridgehead atoms. The van der Waals surface area contributed by atoms with Gasteiger partial charge >= 0.3 is 0 Å². The molecule has 2 rings (SSSR count). The number of rotatable bonds is 1. The van der Waals surface area contributed by atoms with Crippen molar-refractivity contribution in [2.45, 2.75) is 25.7 Å². The van der Waals surface area contributed by atoms with Crippen molar-refractivity contribution in [2.75, 3.05) is 0 Å². The number of phenolic OH excluding ortho intramolecular Hbond substituents is 1. The number of ether oxygens (including phenoxy) is 1. The minimum absolute atomic E-state index is 0.239. The zero-order valence-corrected chi connectivity index (χ0v) is 8.55. The second-order valence-electron chi connectivity index (χ2n) is 3.72. The van der Waals surface area contributed by atoms with Crippen molar-refractivity contribution in [3.05, 3.63) is 35.4 Å². The van der Waals surface area contributed by atoms with E-state index in [1.54, 1.807) is 19.1 Å². The molecule has 0 aromatic heterocycles. The third-order valence-electron chi connectivity index (χ3n) is 2.55. The van der Waals surface area contributed by atoms with Crippen LogP contribution < -0.4 is 0 Å². The lowest BCUT2D eigenvalue weighted by molar-refractivity contribution is -0.00919. The Hall–Kier alpha value is -1.32. The number of hydrogen-bond acceptors (Lipinski definition) is 3. The van der Waals surface area contributed by atoms with E-state index in [9.17, 15) is 10.2 Å². The van der Waals surface area contributed by atoms with Crippen molar-refractivity contribution in [3.63, 3.8) is 0 Å². The summed E-state index contributed by atoms with van der Waals surface area (Å²) >= 11 is 0. The number of aliphatic hydroxyl groups excluding tert-OH is 1. The molecule has 1 aliphatic heterocycles. The van der Waals surface area contributed by atoms with E-state index in [4.69, 9.17) is 4.74 Å². The van der Waals surface area contributed by atoms with Crippen LogP contribution in [-0.4, -0.2) is 22.4 Å². The fourth-order valence-corrected chi connectivity index (χ4v) is 1.64. The molecule has 0 radical (unpaired) electrons. The molecule has 0 amide bonds. The normalized spacial score (nSPS) is 21.9. The molecule has 0 saturated heterocycles. The van der Waals surface area contributed by atoms with Gasteiger partial charge in [-0.2, -0.15) is 0 Å². The molecule has 0 spiro atoms. The molecular weight excluding hydrogens is 192 g/mol. The van der Waals surface area contributed by atoms with E-state index < -0.39 is 6.10 Å². The topological polar surface area (TPSA) is 49.7 Å². The molecule has 2 unspecified atom stereocenters. The van der Waals surface area contributed by atoms with Crippen LogP contribution in [0.3, 0.4) is 0 Å². The smallest absolute Gasteiger partial charge is 0.121 e. The van der Waals surface area contributed by atoms with Crippen LogP contribution in [-0.2, 0) is 11.3 Å². The van der Waals surface area contributed by atoms with E-state index in [-0.39, 0.29) is 11.9 Å². The van der Waals surface area contributed by atoms with Crippen LogP contribution in [0.4, 0.5) is 0 Å². The van der Waals surface area contributed by atoms with Crippen LogP contribution in [0, 0.1) is 0 Å². The Bertz CT molecular complexity index is 382. The van der Waals surface area contributed by atoms with Crippen molar-refractivity contribution in [2.24, 2.45) is 0 Å². The Morgan fingerprint density at radius 3 is 3.00 bits per heavy atom. The molecule has 1 aromatic carbocycles. The van der Waals surface area contributed by atoms with Gasteiger partial charge in [-0.15, -0.1) is 0 Å². The SMILES string of the molecule is CC(O)C1C=Cc2cccc(O)c2CO1. The molecule has 80 valence electrons. The minimum Gasteiger partial charge on any atom is -0.508 e. The maximum absolute atomic E-state index is 9.63. The fourth-order valence-electron chi connectivity index (χ4n) is 1.64. The van der Waals surface area contributed by atoms with Crippen molar-refractivity contribution in [1.82, 2.24) is 0 Å². The molecule has 15 heavy (non-hydrogen) atoms. The van der Waals surface area contributed by atoms with Crippen molar-refractivity contribution in [1.29, 1.82) is 0 Å². The first kappa shape index (κ1) is 10.2. The highest BCUT2D eigenvalue weighted by molar-refractivity contribution is 5.58. The molecule has 3 nitrogen and oxygen atoms in total. The summed E-state index contributed by atoms with van der Waals surface area (Å²) in [6, 6.07) is 5.35. The highest BCUT2D eigenvalue weighted by atomic mass is 16.5. The van der Waals surface area contributed by atoms with E-state index in [1.165, 1.54) is 0 Å². The summed E-state index contributed by atoms with van der Waals surface area (Å²) in [5, 5.41) is 19.0. The molecule has 0 fully saturated rings. The van der Waals surface area contributed by atoms with Gasteiger partial charge in [-0.05, 0) is 18.6 Å². The van der Waals surface area contributed by atoms with Crippen molar-refractivity contribution >= 4 is 6.08 Å². The number of benzene rings is 1. The average Bonchev–Trinajstić information content (AvgIpc) is 2.41. The van der Waals surface area contributed by atoms with Gasteiger partial charge in [0.15, 0.2) is 0 Å². The quantitative estimate of drug-likeness (QED) is 0.735. The van der Waals surface area contributed by atoms with Crippen LogP contribution >= 0.6 is 0 Å². The highest BCUT2D eigenvalue weighted by Crippen LogP contribution is 2.26. The average molecular weight is 206 g/mol. The van der Waals surface area contributed by atoms with Crippen LogP contribution in [0.15, 0.2) is 24.3 Å². The molecule has 0 saturated carbocycles. The van der Waals surface area contributed by atoms with Gasteiger partial charge in [0, 0.05) is 5.56 Å². The molecule has 2 atom stereocenters. The second-order valence-corrected chi connectivity index (χ2v) is 3.72. The van der Waals surface area contributed by atoms with E-state index in [2.05, 4.69) is 0 Å². The van der Waals surface area contributed by atoms with Gasteiger partial charge in [0.1, 0.15) is 11.9 Å². The summed E-state index contributed by atoms with van der Waals surface area (Å²) < 4.78 is 5.47. The summed E-state index contributed by atoms with van der Waals surface area (Å²) in [5.41, 5.74) is 1.72. The van der Waals surface area contributed by atoms with Crippen molar-refractivity contribution in [3.8, 4) is 5.75 Å². The number of phenols is 1. The number of aromatic hydroxyl groups is 1. The van der Waals surface area contributed by atoms with Gasteiger partial charge in [0.05, 0.1) is 12.7 Å². The van der Waals surface area contributed by atoms with Crippen LogP contribution in [0.1, 0.15) is 18.1 Å². The molecular formula is C12H14O3. The van der Waals surface area contributed by atoms with Gasteiger partial charge in [0.25, 0.3) is 0 Å². The standard InChI is InChI=1S/C12H14O3/c1-8(13)12-6-5-9-3-2-4-11(14)10(9)7-15-12/h2-6,8,12-14H,7H2,1H3. The van der Waals surface area contributed by atoms with E-state index in [0.717, 1.165) is 11.1 Å².